The molecule has 4 rings (SSSR count). The van der Waals surface area contributed by atoms with Crippen LogP contribution >= 0.6 is 0 Å². The molecule has 8 nitrogen and oxygen atoms in total. The van der Waals surface area contributed by atoms with E-state index < -0.39 is 17.7 Å². The van der Waals surface area contributed by atoms with Crippen LogP contribution in [-0.4, -0.2) is 36.2 Å². The number of aromatic nitrogens is 1. The third-order valence-electron chi connectivity index (χ3n) is 5.08. The number of anilines is 1. The summed E-state index contributed by atoms with van der Waals surface area (Å²) in [7, 11) is 3.05. The molecule has 2 heterocycles. The number of ketones is 1. The lowest BCUT2D eigenvalue weighted by atomic mass is 9.95. The summed E-state index contributed by atoms with van der Waals surface area (Å²) in [6.45, 7) is 1.69. The Labute approximate surface area is 178 Å². The molecule has 1 saturated heterocycles. The van der Waals surface area contributed by atoms with E-state index in [0.29, 0.717) is 28.4 Å². The number of ether oxygens (including phenoxy) is 2. The molecule has 0 radical (unpaired) electrons. The topological polar surface area (TPSA) is 102 Å². The van der Waals surface area contributed by atoms with Gasteiger partial charge in [0.2, 0.25) is 0 Å². The number of methoxy groups -OCH3 is 2. The molecule has 1 aliphatic heterocycles. The quantitative estimate of drug-likeness (QED) is 0.382. The summed E-state index contributed by atoms with van der Waals surface area (Å²) in [6.07, 6.45) is 0. The van der Waals surface area contributed by atoms with Crippen molar-refractivity contribution < 1.29 is 28.7 Å². The molecule has 31 heavy (non-hydrogen) atoms. The molecule has 1 amide bonds. The smallest absolute Gasteiger partial charge is 0.301 e. The highest BCUT2D eigenvalue weighted by Gasteiger charge is 2.48. The molecule has 0 aliphatic carbocycles. The van der Waals surface area contributed by atoms with Gasteiger partial charge in [0, 0.05) is 11.6 Å². The van der Waals surface area contributed by atoms with Crippen LogP contribution in [0.1, 0.15) is 22.9 Å². The number of aliphatic hydroxyl groups is 1. The monoisotopic (exact) mass is 420 g/mol. The van der Waals surface area contributed by atoms with Gasteiger partial charge >= 0.3 is 5.91 Å². The van der Waals surface area contributed by atoms with Gasteiger partial charge in [-0.2, -0.15) is 0 Å². The van der Waals surface area contributed by atoms with Crippen LogP contribution in [0, 0.1) is 6.92 Å². The Hall–Kier alpha value is -4.07. The molecule has 0 saturated carbocycles. The van der Waals surface area contributed by atoms with Gasteiger partial charge in [0.15, 0.2) is 5.82 Å². The van der Waals surface area contributed by atoms with Crippen molar-refractivity contribution in [2.24, 2.45) is 0 Å². The largest absolute Gasteiger partial charge is 0.507 e. The zero-order valence-electron chi connectivity index (χ0n) is 17.2. The standard InChI is InChI=1S/C23H20N2O6/c1-13-11-18(24-31-13)25-20(15-5-4-6-17(12-15)30-3)19(22(27)23(25)28)21(26)14-7-9-16(29-2)10-8-14/h4-12,20,26H,1-3H3/t20-/m1/s1. The van der Waals surface area contributed by atoms with Crippen LogP contribution in [0.4, 0.5) is 5.82 Å². The van der Waals surface area contributed by atoms with Gasteiger partial charge in [-0.1, -0.05) is 17.3 Å². The fourth-order valence-corrected chi connectivity index (χ4v) is 3.57. The number of amides is 1. The van der Waals surface area contributed by atoms with Gasteiger partial charge in [-0.25, -0.2) is 0 Å². The van der Waals surface area contributed by atoms with E-state index in [0.717, 1.165) is 0 Å². The van der Waals surface area contributed by atoms with Crippen LogP contribution in [0.15, 0.2) is 64.7 Å². The predicted octanol–water partition coefficient (Wildman–Crippen LogP) is 3.63. The number of carbonyl (C=O) groups excluding carboxylic acids is 2. The summed E-state index contributed by atoms with van der Waals surface area (Å²) in [6, 6.07) is 14.1. The summed E-state index contributed by atoms with van der Waals surface area (Å²) in [5.41, 5.74) is 0.904. The second-order valence-electron chi connectivity index (χ2n) is 6.97. The fraction of sp³-hybridized carbons (Fsp3) is 0.174. The Bertz CT molecular complexity index is 1180. The van der Waals surface area contributed by atoms with Crippen LogP contribution in [0.25, 0.3) is 5.76 Å². The lowest BCUT2D eigenvalue weighted by Gasteiger charge is -2.23. The highest BCUT2D eigenvalue weighted by Crippen LogP contribution is 2.42. The summed E-state index contributed by atoms with van der Waals surface area (Å²) in [4.78, 5) is 27.3. The van der Waals surface area contributed by atoms with Gasteiger partial charge < -0.3 is 19.1 Å². The van der Waals surface area contributed by atoms with E-state index in [-0.39, 0.29) is 17.2 Å². The zero-order chi connectivity index (χ0) is 22.1. The Morgan fingerprint density at radius 3 is 2.35 bits per heavy atom. The molecule has 1 N–H and O–H groups in total. The highest BCUT2D eigenvalue weighted by molar-refractivity contribution is 6.51. The van der Waals surface area contributed by atoms with E-state index >= 15 is 0 Å². The molecule has 2 aromatic carbocycles. The van der Waals surface area contributed by atoms with Crippen molar-refractivity contribution in [3.8, 4) is 11.5 Å². The van der Waals surface area contributed by atoms with Gasteiger partial charge in [-0.3, -0.25) is 14.5 Å². The van der Waals surface area contributed by atoms with E-state index in [2.05, 4.69) is 5.16 Å². The summed E-state index contributed by atoms with van der Waals surface area (Å²) >= 11 is 0. The van der Waals surface area contributed by atoms with Crippen LogP contribution in [-0.2, 0) is 9.59 Å². The van der Waals surface area contributed by atoms with Crippen molar-refractivity contribution in [2.45, 2.75) is 13.0 Å². The first-order chi connectivity index (χ1) is 14.9. The third-order valence-corrected chi connectivity index (χ3v) is 5.08. The average molecular weight is 420 g/mol. The molecular formula is C23H20N2O6. The maximum absolute atomic E-state index is 13.0. The van der Waals surface area contributed by atoms with Gasteiger partial charge in [0.25, 0.3) is 5.78 Å². The number of aryl methyl sites for hydroxylation is 1. The van der Waals surface area contributed by atoms with Gasteiger partial charge in [-0.15, -0.1) is 0 Å². The second-order valence-corrected chi connectivity index (χ2v) is 6.97. The number of aliphatic hydroxyl groups excluding tert-OH is 1. The van der Waals surface area contributed by atoms with Crippen molar-refractivity contribution in [3.05, 3.63) is 77.1 Å². The molecule has 3 aromatic rings. The fourth-order valence-electron chi connectivity index (χ4n) is 3.57. The highest BCUT2D eigenvalue weighted by atomic mass is 16.5. The van der Waals surface area contributed by atoms with E-state index in [9.17, 15) is 14.7 Å². The van der Waals surface area contributed by atoms with Crippen molar-refractivity contribution in [2.75, 3.05) is 19.1 Å². The molecule has 1 aromatic heterocycles. The van der Waals surface area contributed by atoms with E-state index in [1.165, 1.54) is 19.1 Å². The minimum absolute atomic E-state index is 0.0518. The maximum Gasteiger partial charge on any atom is 0.301 e. The molecule has 1 atom stereocenters. The molecule has 8 heteroatoms. The SMILES string of the molecule is COc1ccc(C(O)=C2C(=O)C(=O)N(c3cc(C)on3)[C@@H]2c2cccc(OC)c2)cc1. The first-order valence-electron chi connectivity index (χ1n) is 9.47. The Balaban J connectivity index is 1.92. The van der Waals surface area contributed by atoms with E-state index in [1.54, 1.807) is 61.5 Å². The number of benzene rings is 2. The van der Waals surface area contributed by atoms with Crippen molar-refractivity contribution >= 4 is 23.3 Å². The van der Waals surface area contributed by atoms with Crippen LogP contribution < -0.4 is 14.4 Å². The molecular weight excluding hydrogens is 400 g/mol. The first-order valence-corrected chi connectivity index (χ1v) is 9.47. The van der Waals surface area contributed by atoms with Crippen molar-refractivity contribution in [1.29, 1.82) is 0 Å². The van der Waals surface area contributed by atoms with Crippen LogP contribution in [0.3, 0.4) is 0 Å². The second kappa shape index (κ2) is 7.98. The lowest BCUT2D eigenvalue weighted by molar-refractivity contribution is -0.132. The van der Waals surface area contributed by atoms with Gasteiger partial charge in [-0.05, 0) is 48.9 Å². The van der Waals surface area contributed by atoms with Crippen molar-refractivity contribution in [3.63, 3.8) is 0 Å². The number of hydrogen-bond acceptors (Lipinski definition) is 7. The maximum atomic E-state index is 13.0. The summed E-state index contributed by atoms with van der Waals surface area (Å²) in [5, 5.41) is 15.0. The molecule has 0 unspecified atom stereocenters. The Morgan fingerprint density at radius 1 is 1.03 bits per heavy atom. The molecule has 0 spiro atoms. The Kier molecular flexibility index (Phi) is 5.21. The van der Waals surface area contributed by atoms with E-state index in [4.69, 9.17) is 14.0 Å². The molecule has 0 bridgehead atoms. The summed E-state index contributed by atoms with van der Waals surface area (Å²) in [5.74, 6) is -0.115. The third kappa shape index (κ3) is 3.52. The van der Waals surface area contributed by atoms with Crippen molar-refractivity contribution in [1.82, 2.24) is 5.16 Å². The molecule has 1 fully saturated rings. The first kappa shape index (κ1) is 20.2. The number of Topliss-reactive ketones (excluding diaryl/α,β-unsaturated/α-hetero) is 1. The minimum Gasteiger partial charge on any atom is -0.507 e. The van der Waals surface area contributed by atoms with Crippen LogP contribution in [0.5, 0.6) is 11.5 Å². The normalized spacial score (nSPS) is 17.8. The molecule has 158 valence electrons. The number of hydrogen-bond donors (Lipinski definition) is 1. The zero-order valence-corrected chi connectivity index (χ0v) is 17.2. The predicted molar refractivity (Wildman–Crippen MR) is 112 cm³/mol. The van der Waals surface area contributed by atoms with Gasteiger partial charge in [0.05, 0.1) is 25.8 Å². The minimum atomic E-state index is -0.915. The average Bonchev–Trinajstić information content (AvgIpc) is 3.34. The lowest BCUT2D eigenvalue weighted by Crippen LogP contribution is -2.29. The van der Waals surface area contributed by atoms with Gasteiger partial charge in [0.1, 0.15) is 23.0 Å². The Morgan fingerprint density at radius 2 is 1.74 bits per heavy atom. The number of rotatable bonds is 5. The van der Waals surface area contributed by atoms with Crippen LogP contribution in [0.2, 0.25) is 0 Å². The number of nitrogens with zero attached hydrogens (tertiary/aromatic N) is 2. The van der Waals surface area contributed by atoms with E-state index in [1.807, 2.05) is 0 Å². The number of carbonyl (C=O) groups is 2. The summed E-state index contributed by atoms with van der Waals surface area (Å²) < 4.78 is 15.6. The molecule has 1 aliphatic rings.